The average Bonchev–Trinajstić information content (AvgIpc) is 1.97. The van der Waals surface area contributed by atoms with Crippen molar-refractivity contribution in [1.82, 2.24) is 4.98 Å². The Balaban J connectivity index is 3.54. The van der Waals surface area contributed by atoms with Crippen molar-refractivity contribution in [2.24, 2.45) is 0 Å². The van der Waals surface area contributed by atoms with E-state index in [-0.39, 0.29) is 10.6 Å². The van der Waals surface area contributed by atoms with Crippen LogP contribution in [0.1, 0.15) is 15.9 Å². The van der Waals surface area contributed by atoms with E-state index in [9.17, 15) is 9.59 Å². The molecule has 4 nitrogen and oxygen atoms in total. The number of hydrogen-bond donors (Lipinski definition) is 2. The van der Waals surface area contributed by atoms with Crippen LogP contribution in [0.2, 0.25) is 5.02 Å². The Morgan fingerprint density at radius 1 is 1.67 bits per heavy atom. The van der Waals surface area contributed by atoms with Crippen LogP contribution in [-0.4, -0.2) is 16.1 Å². The molecule has 0 aliphatic rings. The van der Waals surface area contributed by atoms with E-state index in [4.69, 9.17) is 16.7 Å². The third-order valence-corrected chi connectivity index (χ3v) is 1.81. The molecule has 0 radical (unpaired) electrons. The number of pyridine rings is 1. The highest BCUT2D eigenvalue weighted by Gasteiger charge is 2.14. The van der Waals surface area contributed by atoms with Gasteiger partial charge in [0, 0.05) is 6.20 Å². The maximum absolute atomic E-state index is 10.8. The lowest BCUT2D eigenvalue weighted by molar-refractivity contribution is 0.0696. The number of aromatic amines is 1. The Morgan fingerprint density at radius 3 is 2.67 bits per heavy atom. The molecule has 0 fully saturated rings. The number of carboxylic acid groups (broad SMARTS) is 1. The number of aromatic nitrogens is 1. The van der Waals surface area contributed by atoms with E-state index in [2.05, 4.69) is 4.98 Å². The van der Waals surface area contributed by atoms with Crippen molar-refractivity contribution in [2.75, 3.05) is 0 Å². The van der Waals surface area contributed by atoms with Gasteiger partial charge < -0.3 is 10.1 Å². The predicted octanol–water partition coefficient (Wildman–Crippen LogP) is 1.03. The van der Waals surface area contributed by atoms with Gasteiger partial charge in [0.2, 0.25) is 0 Å². The first-order valence-electron chi connectivity index (χ1n) is 3.15. The quantitative estimate of drug-likeness (QED) is 0.690. The van der Waals surface area contributed by atoms with Gasteiger partial charge in [0.15, 0.2) is 0 Å². The molecule has 0 bridgehead atoms. The molecular formula is C7H6ClNO3. The fourth-order valence-electron chi connectivity index (χ4n) is 0.859. The first-order valence-corrected chi connectivity index (χ1v) is 3.53. The summed E-state index contributed by atoms with van der Waals surface area (Å²) in [5.41, 5.74) is -0.285. The SMILES string of the molecule is Cc1c[nH]c(=O)c(Cl)c1C(=O)O. The average molecular weight is 188 g/mol. The summed E-state index contributed by atoms with van der Waals surface area (Å²) < 4.78 is 0. The van der Waals surface area contributed by atoms with Gasteiger partial charge in [-0.15, -0.1) is 0 Å². The smallest absolute Gasteiger partial charge is 0.337 e. The summed E-state index contributed by atoms with van der Waals surface area (Å²) >= 11 is 5.47. The van der Waals surface area contributed by atoms with E-state index in [1.54, 1.807) is 6.92 Å². The monoisotopic (exact) mass is 187 g/mol. The van der Waals surface area contributed by atoms with Crippen LogP contribution >= 0.6 is 11.6 Å². The van der Waals surface area contributed by atoms with Gasteiger partial charge in [-0.25, -0.2) is 4.79 Å². The largest absolute Gasteiger partial charge is 0.478 e. The summed E-state index contributed by atoms with van der Waals surface area (Å²) in [4.78, 5) is 23.7. The zero-order valence-electron chi connectivity index (χ0n) is 6.22. The van der Waals surface area contributed by atoms with Gasteiger partial charge in [0.25, 0.3) is 5.56 Å². The van der Waals surface area contributed by atoms with Crippen LogP contribution in [0, 0.1) is 6.92 Å². The number of aromatic carboxylic acids is 1. The van der Waals surface area contributed by atoms with E-state index in [1.165, 1.54) is 6.20 Å². The van der Waals surface area contributed by atoms with Gasteiger partial charge in [0.1, 0.15) is 5.02 Å². The lowest BCUT2D eigenvalue weighted by atomic mass is 10.1. The van der Waals surface area contributed by atoms with E-state index >= 15 is 0 Å². The number of carbonyl (C=O) groups is 1. The normalized spacial score (nSPS) is 9.83. The summed E-state index contributed by atoms with van der Waals surface area (Å²) in [7, 11) is 0. The second-order valence-corrected chi connectivity index (χ2v) is 2.67. The molecule has 0 amide bonds. The van der Waals surface area contributed by atoms with Crippen LogP contribution in [0.3, 0.4) is 0 Å². The number of rotatable bonds is 1. The Hall–Kier alpha value is -1.29. The molecule has 0 saturated heterocycles. The number of hydrogen-bond acceptors (Lipinski definition) is 2. The van der Waals surface area contributed by atoms with Crippen LogP contribution in [0.25, 0.3) is 0 Å². The fourth-order valence-corrected chi connectivity index (χ4v) is 1.14. The molecule has 64 valence electrons. The molecule has 0 unspecified atom stereocenters. The summed E-state index contributed by atoms with van der Waals surface area (Å²) in [6.07, 6.45) is 1.32. The summed E-state index contributed by atoms with van der Waals surface area (Å²) in [5.74, 6) is -1.19. The Bertz CT molecular complexity index is 383. The number of halogens is 1. The predicted molar refractivity (Wildman–Crippen MR) is 43.8 cm³/mol. The topological polar surface area (TPSA) is 70.2 Å². The number of carboxylic acids is 1. The zero-order chi connectivity index (χ0) is 9.30. The number of H-pyrrole nitrogens is 1. The first-order chi connectivity index (χ1) is 5.54. The third-order valence-electron chi connectivity index (χ3n) is 1.45. The molecule has 0 aliphatic carbocycles. The molecule has 5 heteroatoms. The molecule has 0 saturated carbocycles. The Morgan fingerprint density at radius 2 is 2.25 bits per heavy atom. The Labute approximate surface area is 72.8 Å². The van der Waals surface area contributed by atoms with Crippen molar-refractivity contribution < 1.29 is 9.90 Å². The summed E-state index contributed by atoms with van der Waals surface area (Å²) in [5, 5.41) is 8.36. The maximum atomic E-state index is 10.8. The second-order valence-electron chi connectivity index (χ2n) is 2.29. The molecule has 1 rings (SSSR count). The third kappa shape index (κ3) is 1.33. The van der Waals surface area contributed by atoms with Crippen LogP contribution in [0.15, 0.2) is 11.0 Å². The number of nitrogens with one attached hydrogen (secondary N) is 1. The number of aryl methyl sites for hydroxylation is 1. The minimum Gasteiger partial charge on any atom is -0.478 e. The zero-order valence-corrected chi connectivity index (χ0v) is 6.97. The van der Waals surface area contributed by atoms with Crippen LogP contribution in [0.4, 0.5) is 0 Å². The molecule has 1 aromatic rings. The van der Waals surface area contributed by atoms with Gasteiger partial charge >= 0.3 is 5.97 Å². The van der Waals surface area contributed by atoms with Gasteiger partial charge in [-0.1, -0.05) is 11.6 Å². The van der Waals surface area contributed by atoms with E-state index < -0.39 is 11.5 Å². The van der Waals surface area contributed by atoms with Crippen molar-refractivity contribution in [2.45, 2.75) is 6.92 Å². The van der Waals surface area contributed by atoms with Crippen molar-refractivity contribution in [3.05, 3.63) is 32.7 Å². The molecule has 0 atom stereocenters. The van der Waals surface area contributed by atoms with Crippen molar-refractivity contribution in [3.8, 4) is 0 Å². The van der Waals surface area contributed by atoms with E-state index in [0.717, 1.165) is 0 Å². The second kappa shape index (κ2) is 2.98. The van der Waals surface area contributed by atoms with Gasteiger partial charge in [0.05, 0.1) is 5.56 Å². The van der Waals surface area contributed by atoms with Crippen LogP contribution in [-0.2, 0) is 0 Å². The Kier molecular flexibility index (Phi) is 2.19. The molecule has 0 aromatic carbocycles. The minimum absolute atomic E-state index is 0.139. The lowest BCUT2D eigenvalue weighted by Crippen LogP contribution is -2.13. The maximum Gasteiger partial charge on any atom is 0.337 e. The molecule has 2 N–H and O–H groups in total. The standard InChI is InChI=1S/C7H6ClNO3/c1-3-2-9-6(10)5(8)4(3)7(11)12/h2H,1H3,(H,9,10)(H,11,12). The highest BCUT2D eigenvalue weighted by molar-refractivity contribution is 6.33. The molecule has 0 spiro atoms. The van der Waals surface area contributed by atoms with Crippen LogP contribution in [0.5, 0.6) is 0 Å². The van der Waals surface area contributed by atoms with Crippen molar-refractivity contribution >= 4 is 17.6 Å². The lowest BCUT2D eigenvalue weighted by Gasteiger charge is -2.00. The molecule has 12 heavy (non-hydrogen) atoms. The molecule has 1 aromatic heterocycles. The first kappa shape index (κ1) is 8.80. The van der Waals surface area contributed by atoms with E-state index in [0.29, 0.717) is 5.56 Å². The summed E-state index contributed by atoms with van der Waals surface area (Å²) in [6, 6.07) is 0. The minimum atomic E-state index is -1.19. The highest BCUT2D eigenvalue weighted by Crippen LogP contribution is 2.13. The van der Waals surface area contributed by atoms with Crippen molar-refractivity contribution in [3.63, 3.8) is 0 Å². The van der Waals surface area contributed by atoms with Gasteiger partial charge in [-0.05, 0) is 12.5 Å². The molecular weight excluding hydrogens is 182 g/mol. The highest BCUT2D eigenvalue weighted by atomic mass is 35.5. The van der Waals surface area contributed by atoms with Gasteiger partial charge in [-0.3, -0.25) is 4.79 Å². The van der Waals surface area contributed by atoms with Crippen molar-refractivity contribution in [1.29, 1.82) is 0 Å². The van der Waals surface area contributed by atoms with Crippen LogP contribution < -0.4 is 5.56 Å². The molecule has 1 heterocycles. The molecule has 0 aliphatic heterocycles. The summed E-state index contributed by atoms with van der Waals surface area (Å²) in [6.45, 7) is 1.56. The fraction of sp³-hybridized carbons (Fsp3) is 0.143. The van der Waals surface area contributed by atoms with E-state index in [1.807, 2.05) is 0 Å². The van der Waals surface area contributed by atoms with Gasteiger partial charge in [-0.2, -0.15) is 0 Å².